The number of aryl methyl sites for hydroxylation is 1. The minimum absolute atomic E-state index is 0. The fraction of sp³-hybridized carbons (Fsp3) is 0.118. The molecule has 0 spiro atoms. The lowest BCUT2D eigenvalue weighted by molar-refractivity contribution is -0.384. The van der Waals surface area contributed by atoms with E-state index in [-0.39, 0.29) is 18.1 Å². The van der Waals surface area contributed by atoms with Crippen LogP contribution in [0.1, 0.15) is 5.69 Å². The van der Waals surface area contributed by atoms with E-state index in [1.165, 1.54) is 12.1 Å². The number of benzene rings is 2. The smallest absolute Gasteiger partial charge is 0.271 e. The molecule has 0 saturated carbocycles. The maximum atomic E-state index is 10.9. The number of hydrogen-bond acceptors (Lipinski definition) is 5. The first-order chi connectivity index (χ1) is 11.1. The van der Waals surface area contributed by atoms with Gasteiger partial charge in [0.05, 0.1) is 12.0 Å². The molecule has 0 saturated heterocycles. The number of para-hydroxylation sites is 1. The number of rotatable bonds is 4. The molecule has 0 aliphatic rings. The number of fused-ring (bicyclic) bond motifs is 1. The third kappa shape index (κ3) is 3.38. The van der Waals surface area contributed by atoms with Crippen molar-refractivity contribution in [3.63, 3.8) is 0 Å². The van der Waals surface area contributed by atoms with Crippen LogP contribution >= 0.6 is 12.4 Å². The number of methoxy groups -OCH3 is 1. The largest absolute Gasteiger partial charge is 0.494 e. The lowest BCUT2D eigenvalue weighted by Crippen LogP contribution is -1.97. The van der Waals surface area contributed by atoms with Gasteiger partial charge in [-0.2, -0.15) is 0 Å². The fourth-order valence-corrected chi connectivity index (χ4v) is 2.47. The van der Waals surface area contributed by atoms with Crippen molar-refractivity contribution < 1.29 is 9.66 Å². The van der Waals surface area contributed by atoms with Gasteiger partial charge in [-0.3, -0.25) is 10.1 Å². The number of anilines is 2. The van der Waals surface area contributed by atoms with Gasteiger partial charge in [0.25, 0.3) is 5.69 Å². The molecule has 0 fully saturated rings. The van der Waals surface area contributed by atoms with Gasteiger partial charge in [0.2, 0.25) is 0 Å². The first kappa shape index (κ1) is 17.5. The quantitative estimate of drug-likeness (QED) is 0.551. The van der Waals surface area contributed by atoms with Crippen LogP contribution in [-0.4, -0.2) is 17.0 Å². The Kier molecular flexibility index (Phi) is 5.21. The minimum atomic E-state index is -0.413. The fourth-order valence-electron chi connectivity index (χ4n) is 2.47. The second-order valence-electron chi connectivity index (χ2n) is 5.10. The van der Waals surface area contributed by atoms with Crippen molar-refractivity contribution >= 4 is 40.4 Å². The summed E-state index contributed by atoms with van der Waals surface area (Å²) in [6, 6.07) is 14.0. The van der Waals surface area contributed by atoms with Crippen molar-refractivity contribution in [1.82, 2.24) is 4.98 Å². The molecule has 0 aliphatic heterocycles. The lowest BCUT2D eigenvalue weighted by atomic mass is 10.1. The summed E-state index contributed by atoms with van der Waals surface area (Å²) < 4.78 is 5.36. The summed E-state index contributed by atoms with van der Waals surface area (Å²) in [5.41, 5.74) is 3.10. The molecular formula is C17H16ClN3O3. The second kappa shape index (κ2) is 7.14. The van der Waals surface area contributed by atoms with E-state index in [0.29, 0.717) is 11.4 Å². The zero-order chi connectivity index (χ0) is 16.4. The zero-order valence-electron chi connectivity index (χ0n) is 13.1. The Morgan fingerprint density at radius 3 is 2.62 bits per heavy atom. The molecule has 0 atom stereocenters. The minimum Gasteiger partial charge on any atom is -0.494 e. The molecule has 1 heterocycles. The molecule has 24 heavy (non-hydrogen) atoms. The summed E-state index contributed by atoms with van der Waals surface area (Å²) in [7, 11) is 1.60. The Morgan fingerprint density at radius 2 is 1.92 bits per heavy atom. The molecule has 0 unspecified atom stereocenters. The van der Waals surface area contributed by atoms with E-state index in [0.717, 1.165) is 22.3 Å². The maximum absolute atomic E-state index is 10.9. The number of nitro groups is 1. The lowest BCUT2D eigenvalue weighted by Gasteiger charge is -2.12. The first-order valence-corrected chi connectivity index (χ1v) is 7.04. The molecule has 0 bridgehead atoms. The number of hydrogen-bond donors (Lipinski definition) is 1. The monoisotopic (exact) mass is 345 g/mol. The van der Waals surface area contributed by atoms with Crippen LogP contribution < -0.4 is 10.1 Å². The number of nitro benzene ring substituents is 1. The summed E-state index contributed by atoms with van der Waals surface area (Å²) in [4.78, 5) is 15.0. The van der Waals surface area contributed by atoms with Crippen molar-refractivity contribution in [3.05, 3.63) is 64.3 Å². The Balaban J connectivity index is 0.00000208. The highest BCUT2D eigenvalue weighted by molar-refractivity contribution is 5.96. The number of halogens is 1. The number of ether oxygens (including phenoxy) is 1. The number of nitrogens with zero attached hydrogens (tertiary/aromatic N) is 2. The molecule has 1 N–H and O–H groups in total. The van der Waals surface area contributed by atoms with Gasteiger partial charge < -0.3 is 10.1 Å². The average molecular weight is 346 g/mol. The Bertz CT molecular complexity index is 899. The van der Waals surface area contributed by atoms with E-state index in [2.05, 4.69) is 10.3 Å². The summed E-state index contributed by atoms with van der Waals surface area (Å²) >= 11 is 0. The summed E-state index contributed by atoms with van der Waals surface area (Å²) in [5.74, 6) is 0.688. The van der Waals surface area contributed by atoms with Crippen LogP contribution in [0.25, 0.3) is 10.9 Å². The molecule has 1 aromatic heterocycles. The van der Waals surface area contributed by atoms with E-state index in [9.17, 15) is 10.1 Å². The third-order valence-corrected chi connectivity index (χ3v) is 3.49. The van der Waals surface area contributed by atoms with Crippen LogP contribution in [0.5, 0.6) is 5.75 Å². The third-order valence-electron chi connectivity index (χ3n) is 3.49. The zero-order valence-corrected chi connectivity index (χ0v) is 14.0. The van der Waals surface area contributed by atoms with Gasteiger partial charge in [-0.25, -0.2) is 4.98 Å². The molecular weight excluding hydrogens is 330 g/mol. The van der Waals surface area contributed by atoms with Gasteiger partial charge in [0, 0.05) is 34.6 Å². The highest BCUT2D eigenvalue weighted by atomic mass is 35.5. The standard InChI is InChI=1S/C17H15N3O3.ClH/c1-11-9-15(14-7-4-8-16(23-2)17(14)18-11)19-12-5-3-6-13(10-12)20(21)22;/h3-10H,1-2H3,(H,18,19);1H. The van der Waals surface area contributed by atoms with E-state index in [1.54, 1.807) is 19.2 Å². The van der Waals surface area contributed by atoms with Crippen molar-refractivity contribution in [2.24, 2.45) is 0 Å². The van der Waals surface area contributed by atoms with Gasteiger partial charge in [-0.1, -0.05) is 18.2 Å². The van der Waals surface area contributed by atoms with Gasteiger partial charge >= 0.3 is 0 Å². The van der Waals surface area contributed by atoms with Gasteiger partial charge in [-0.15, -0.1) is 12.4 Å². The summed E-state index contributed by atoms with van der Waals surface area (Å²) in [6.45, 7) is 1.89. The Hall–Kier alpha value is -2.86. The van der Waals surface area contributed by atoms with Crippen LogP contribution in [0.15, 0.2) is 48.5 Å². The number of pyridine rings is 1. The molecule has 3 aromatic rings. The predicted molar refractivity (Wildman–Crippen MR) is 96.7 cm³/mol. The molecule has 0 radical (unpaired) electrons. The van der Waals surface area contributed by atoms with Crippen molar-refractivity contribution in [2.45, 2.75) is 6.92 Å². The topological polar surface area (TPSA) is 77.3 Å². The van der Waals surface area contributed by atoms with Crippen LogP contribution in [0.4, 0.5) is 17.1 Å². The van der Waals surface area contributed by atoms with E-state index in [1.807, 2.05) is 31.2 Å². The van der Waals surface area contributed by atoms with Crippen molar-refractivity contribution in [3.8, 4) is 5.75 Å². The van der Waals surface area contributed by atoms with Crippen LogP contribution in [0.2, 0.25) is 0 Å². The van der Waals surface area contributed by atoms with Gasteiger partial charge in [-0.05, 0) is 25.1 Å². The summed E-state index contributed by atoms with van der Waals surface area (Å²) in [5, 5.41) is 15.0. The average Bonchev–Trinajstić information content (AvgIpc) is 2.54. The maximum Gasteiger partial charge on any atom is 0.271 e. The van der Waals surface area contributed by atoms with Crippen LogP contribution in [0, 0.1) is 17.0 Å². The highest BCUT2D eigenvalue weighted by Gasteiger charge is 2.10. The highest BCUT2D eigenvalue weighted by Crippen LogP contribution is 2.32. The SMILES string of the molecule is COc1cccc2c(Nc3cccc([N+](=O)[O-])c3)cc(C)nc12.Cl. The molecule has 124 valence electrons. The molecule has 7 heteroatoms. The van der Waals surface area contributed by atoms with E-state index >= 15 is 0 Å². The number of nitrogens with one attached hydrogen (secondary N) is 1. The van der Waals surface area contributed by atoms with Crippen LogP contribution in [-0.2, 0) is 0 Å². The second-order valence-corrected chi connectivity index (χ2v) is 5.10. The Morgan fingerprint density at radius 1 is 1.17 bits per heavy atom. The molecule has 6 nitrogen and oxygen atoms in total. The summed E-state index contributed by atoms with van der Waals surface area (Å²) in [6.07, 6.45) is 0. The van der Waals surface area contributed by atoms with Gasteiger partial charge in [0.15, 0.2) is 0 Å². The van der Waals surface area contributed by atoms with Crippen LogP contribution in [0.3, 0.4) is 0 Å². The number of aromatic nitrogens is 1. The van der Waals surface area contributed by atoms with Crippen molar-refractivity contribution in [1.29, 1.82) is 0 Å². The molecule has 0 amide bonds. The van der Waals surface area contributed by atoms with E-state index < -0.39 is 4.92 Å². The van der Waals surface area contributed by atoms with E-state index in [4.69, 9.17) is 4.74 Å². The number of non-ortho nitro benzene ring substituents is 1. The predicted octanol–water partition coefficient (Wildman–Crippen LogP) is 4.63. The molecule has 2 aromatic carbocycles. The Labute approximate surface area is 145 Å². The van der Waals surface area contributed by atoms with Gasteiger partial charge in [0.1, 0.15) is 11.3 Å². The molecule has 0 aliphatic carbocycles. The normalized spacial score (nSPS) is 10.1. The van der Waals surface area contributed by atoms with Crippen molar-refractivity contribution in [2.75, 3.05) is 12.4 Å². The first-order valence-electron chi connectivity index (χ1n) is 7.04. The molecule has 3 rings (SSSR count).